The Kier molecular flexibility index (Phi) is 7.71. The van der Waals surface area contributed by atoms with Crippen LogP contribution >= 0.6 is 0 Å². The Morgan fingerprint density at radius 3 is 2.75 bits per heavy atom. The highest BCUT2D eigenvalue weighted by Crippen LogP contribution is 2.31. The van der Waals surface area contributed by atoms with Crippen molar-refractivity contribution in [3.8, 4) is 11.5 Å². The Morgan fingerprint density at radius 1 is 1.10 bits per heavy atom. The van der Waals surface area contributed by atoms with Gasteiger partial charge in [0.15, 0.2) is 0 Å². The predicted molar refractivity (Wildman–Crippen MR) is 145 cm³/mol. The maximum absolute atomic E-state index is 12.9. The van der Waals surface area contributed by atoms with Crippen LogP contribution in [0.3, 0.4) is 0 Å². The molecule has 212 valence electrons. The van der Waals surface area contributed by atoms with Gasteiger partial charge in [0.2, 0.25) is 11.8 Å². The second-order valence-corrected chi connectivity index (χ2v) is 11.3. The fraction of sp³-hybridized carbons (Fsp3) is 0.533. The molecule has 10 nitrogen and oxygen atoms in total. The van der Waals surface area contributed by atoms with E-state index in [1.54, 1.807) is 11.0 Å². The summed E-state index contributed by atoms with van der Waals surface area (Å²) in [6.45, 7) is 7.22. The first kappa shape index (κ1) is 26.7. The number of carbonyl (C=O) groups excluding carboxylic acids is 3. The molecule has 5 heterocycles. The van der Waals surface area contributed by atoms with E-state index in [4.69, 9.17) is 14.2 Å². The van der Waals surface area contributed by atoms with Gasteiger partial charge in [-0.25, -0.2) is 0 Å². The van der Waals surface area contributed by atoms with E-state index in [0.717, 1.165) is 80.4 Å². The number of pyridine rings is 1. The van der Waals surface area contributed by atoms with Crippen LogP contribution in [0, 0.1) is 12.8 Å². The van der Waals surface area contributed by atoms with Gasteiger partial charge in [-0.2, -0.15) is 0 Å². The minimum absolute atomic E-state index is 0.0459. The highest BCUT2D eigenvalue weighted by Gasteiger charge is 2.39. The van der Waals surface area contributed by atoms with Gasteiger partial charge in [-0.3, -0.25) is 29.6 Å². The summed E-state index contributed by atoms with van der Waals surface area (Å²) in [5, 5.41) is 2.34. The topological polar surface area (TPSA) is 110 Å². The molecule has 0 saturated carbocycles. The van der Waals surface area contributed by atoms with Gasteiger partial charge in [-0.15, -0.1) is 0 Å². The third-order valence-electron chi connectivity index (χ3n) is 8.35. The third kappa shape index (κ3) is 5.83. The summed E-state index contributed by atoms with van der Waals surface area (Å²) in [7, 11) is 0. The molecule has 1 aromatic heterocycles. The van der Waals surface area contributed by atoms with Crippen LogP contribution in [0.5, 0.6) is 11.5 Å². The van der Waals surface area contributed by atoms with Crippen LogP contribution in [0.2, 0.25) is 0 Å². The second-order valence-electron chi connectivity index (χ2n) is 11.3. The maximum atomic E-state index is 12.9. The van der Waals surface area contributed by atoms with E-state index < -0.39 is 11.9 Å². The van der Waals surface area contributed by atoms with E-state index in [1.807, 2.05) is 18.3 Å². The molecular formula is C30H36N4O6. The molecule has 1 N–H and O–H groups in total. The molecule has 0 radical (unpaired) electrons. The zero-order valence-electron chi connectivity index (χ0n) is 22.9. The van der Waals surface area contributed by atoms with Crippen molar-refractivity contribution in [1.82, 2.24) is 20.1 Å². The lowest BCUT2D eigenvalue weighted by Crippen LogP contribution is -2.52. The molecule has 0 bridgehead atoms. The quantitative estimate of drug-likeness (QED) is 0.502. The predicted octanol–water partition coefficient (Wildman–Crippen LogP) is 2.61. The van der Waals surface area contributed by atoms with Crippen molar-refractivity contribution in [2.24, 2.45) is 5.92 Å². The normalized spacial score (nSPS) is 23.8. The number of imide groups is 1. The van der Waals surface area contributed by atoms with E-state index in [-0.39, 0.29) is 24.3 Å². The number of amides is 3. The van der Waals surface area contributed by atoms with E-state index in [1.165, 1.54) is 0 Å². The smallest absolute Gasteiger partial charge is 0.255 e. The van der Waals surface area contributed by atoms with Crippen LogP contribution in [-0.4, -0.2) is 77.6 Å². The molecule has 3 fully saturated rings. The minimum atomic E-state index is -0.616. The molecule has 1 aromatic carbocycles. The molecular weight excluding hydrogens is 512 g/mol. The van der Waals surface area contributed by atoms with Crippen molar-refractivity contribution in [2.45, 2.75) is 64.3 Å². The second kappa shape index (κ2) is 11.5. The number of piperidine rings is 1. The molecule has 4 aliphatic rings. The standard InChI is InChI=1S/C30H36N4O6/c1-19-12-22(31-14-27(19)39-18-20-7-10-38-11-8-20)16-33-9-6-24(17-33)40-23-2-3-25-21(13-23)15-34(30(25)37)26-4-5-28(35)32-29(26)36/h2-3,12-14,20,24,26H,4-11,15-18H2,1H3,(H,32,35,36)/t24-,26?/m0/s1. The number of aryl methyl sites for hydroxylation is 1. The molecule has 0 aliphatic carbocycles. The van der Waals surface area contributed by atoms with Gasteiger partial charge < -0.3 is 19.1 Å². The number of hydrogen-bond donors (Lipinski definition) is 1. The zero-order valence-corrected chi connectivity index (χ0v) is 22.9. The average Bonchev–Trinajstić information content (AvgIpc) is 3.52. The van der Waals surface area contributed by atoms with Gasteiger partial charge in [0.1, 0.15) is 23.6 Å². The van der Waals surface area contributed by atoms with E-state index >= 15 is 0 Å². The average molecular weight is 549 g/mol. The van der Waals surface area contributed by atoms with Gasteiger partial charge in [0, 0.05) is 51.4 Å². The van der Waals surface area contributed by atoms with Crippen LogP contribution in [0.4, 0.5) is 0 Å². The maximum Gasteiger partial charge on any atom is 0.255 e. The molecule has 1 unspecified atom stereocenters. The van der Waals surface area contributed by atoms with Gasteiger partial charge in [-0.1, -0.05) is 0 Å². The monoisotopic (exact) mass is 548 g/mol. The number of nitrogens with zero attached hydrogens (tertiary/aromatic N) is 3. The molecule has 4 aliphatic heterocycles. The summed E-state index contributed by atoms with van der Waals surface area (Å²) in [4.78, 5) is 45.3. The van der Waals surface area contributed by atoms with Crippen LogP contribution in [0.15, 0.2) is 30.5 Å². The van der Waals surface area contributed by atoms with Gasteiger partial charge in [0.05, 0.1) is 18.5 Å². The Balaban J connectivity index is 1.01. The zero-order chi connectivity index (χ0) is 27.6. The van der Waals surface area contributed by atoms with Crippen molar-refractivity contribution in [3.63, 3.8) is 0 Å². The van der Waals surface area contributed by atoms with E-state index in [2.05, 4.69) is 28.2 Å². The lowest BCUT2D eigenvalue weighted by Gasteiger charge is -2.29. The summed E-state index contributed by atoms with van der Waals surface area (Å²) >= 11 is 0. The van der Waals surface area contributed by atoms with Crippen LogP contribution in [0.1, 0.15) is 59.3 Å². The molecule has 6 rings (SSSR count). The number of ether oxygens (including phenoxy) is 3. The number of carbonyl (C=O) groups is 3. The number of benzene rings is 1. The van der Waals surface area contributed by atoms with Crippen molar-refractivity contribution < 1.29 is 28.6 Å². The number of nitrogens with one attached hydrogen (secondary N) is 1. The molecule has 2 aromatic rings. The highest BCUT2D eigenvalue weighted by molar-refractivity contribution is 6.05. The first-order chi connectivity index (χ1) is 19.4. The highest BCUT2D eigenvalue weighted by atomic mass is 16.5. The number of likely N-dealkylation sites (tertiary alicyclic amines) is 1. The number of hydrogen-bond acceptors (Lipinski definition) is 8. The van der Waals surface area contributed by atoms with Gasteiger partial charge in [0.25, 0.3) is 5.91 Å². The fourth-order valence-electron chi connectivity index (χ4n) is 6.04. The Hall–Kier alpha value is -3.50. The lowest BCUT2D eigenvalue weighted by atomic mass is 10.0. The van der Waals surface area contributed by atoms with E-state index in [0.29, 0.717) is 31.1 Å². The van der Waals surface area contributed by atoms with Crippen molar-refractivity contribution in [1.29, 1.82) is 0 Å². The first-order valence-corrected chi connectivity index (χ1v) is 14.3. The molecule has 10 heteroatoms. The van der Waals surface area contributed by atoms with Crippen LogP contribution in [-0.2, 0) is 27.4 Å². The summed E-state index contributed by atoms with van der Waals surface area (Å²) < 4.78 is 17.8. The summed E-state index contributed by atoms with van der Waals surface area (Å²) in [6.07, 6.45) is 5.49. The Morgan fingerprint density at radius 2 is 1.95 bits per heavy atom. The molecule has 40 heavy (non-hydrogen) atoms. The number of fused-ring (bicyclic) bond motifs is 1. The number of rotatable bonds is 8. The van der Waals surface area contributed by atoms with Crippen molar-refractivity contribution in [3.05, 3.63) is 52.8 Å². The minimum Gasteiger partial charge on any atom is -0.491 e. The molecule has 0 spiro atoms. The Bertz CT molecular complexity index is 1290. The Labute approximate surface area is 234 Å². The lowest BCUT2D eigenvalue weighted by molar-refractivity contribution is -0.136. The van der Waals surface area contributed by atoms with Gasteiger partial charge >= 0.3 is 0 Å². The summed E-state index contributed by atoms with van der Waals surface area (Å²) in [5.74, 6) is 1.26. The third-order valence-corrected chi connectivity index (χ3v) is 8.35. The fourth-order valence-corrected chi connectivity index (χ4v) is 6.04. The first-order valence-electron chi connectivity index (χ1n) is 14.3. The van der Waals surface area contributed by atoms with Crippen molar-refractivity contribution in [2.75, 3.05) is 32.9 Å². The summed E-state index contributed by atoms with van der Waals surface area (Å²) in [5.41, 5.74) is 3.55. The van der Waals surface area contributed by atoms with Gasteiger partial charge in [-0.05, 0) is 73.9 Å². The summed E-state index contributed by atoms with van der Waals surface area (Å²) in [6, 6.07) is 7.02. The van der Waals surface area contributed by atoms with Crippen molar-refractivity contribution >= 4 is 17.7 Å². The molecule has 2 atom stereocenters. The molecule has 3 amide bonds. The SMILES string of the molecule is Cc1cc(CN2CC[C@H](Oc3ccc4c(c3)CN(C3CCC(=O)NC3=O)C4=O)C2)ncc1OCC1CCOCC1. The molecule has 3 saturated heterocycles. The largest absolute Gasteiger partial charge is 0.491 e. The van der Waals surface area contributed by atoms with E-state index in [9.17, 15) is 14.4 Å². The van der Waals surface area contributed by atoms with Crippen LogP contribution < -0.4 is 14.8 Å². The van der Waals surface area contributed by atoms with Crippen LogP contribution in [0.25, 0.3) is 0 Å². The number of aromatic nitrogens is 1.